The zero-order valence-electron chi connectivity index (χ0n) is 6.92. The van der Waals surface area contributed by atoms with Crippen molar-refractivity contribution in [2.24, 2.45) is 11.5 Å². The van der Waals surface area contributed by atoms with Gasteiger partial charge < -0.3 is 16.8 Å². The molecule has 0 fully saturated rings. The van der Waals surface area contributed by atoms with Crippen LogP contribution in [0.1, 0.15) is 10.5 Å². The van der Waals surface area contributed by atoms with Gasteiger partial charge in [-0.1, -0.05) is 0 Å². The number of aromatic amines is 1. The fraction of sp³-hybridized carbons (Fsp3) is 0.500. The fourth-order valence-corrected chi connectivity index (χ4v) is 1.05. The average molecular weight is 171 g/mol. The molecular formula is C6H13N5O. The smallest absolute Gasteiger partial charge is 0.270 e. The van der Waals surface area contributed by atoms with E-state index in [1.807, 2.05) is 0 Å². The molecule has 0 aliphatic heterocycles. The first-order chi connectivity index (χ1) is 5.70. The van der Waals surface area contributed by atoms with Gasteiger partial charge in [0, 0.05) is 13.6 Å². The Morgan fingerprint density at radius 2 is 2.42 bits per heavy atom. The summed E-state index contributed by atoms with van der Waals surface area (Å²) in [5, 5.41) is 5.69. The van der Waals surface area contributed by atoms with Gasteiger partial charge in [0.05, 0.1) is 6.54 Å². The first-order valence-electron chi connectivity index (χ1n) is 3.66. The standard InChI is InChI=1S/C6H13N5O/c1-9-6-4(5(8)12)11(10-6)3-2-7/h9-10H,2-3,7H2,1H3,(H2,8,12). The van der Waals surface area contributed by atoms with E-state index >= 15 is 0 Å². The van der Waals surface area contributed by atoms with Crippen LogP contribution in [0, 0.1) is 0 Å². The molecule has 0 unspecified atom stereocenters. The largest absolute Gasteiger partial charge is 0.372 e. The Labute approximate surface area is 69.9 Å². The Kier molecular flexibility index (Phi) is 2.39. The number of amides is 1. The molecule has 6 nitrogen and oxygen atoms in total. The van der Waals surface area contributed by atoms with Gasteiger partial charge in [0.15, 0.2) is 5.69 Å². The molecule has 68 valence electrons. The number of carbonyl (C=O) groups is 1. The molecule has 1 aromatic rings. The van der Waals surface area contributed by atoms with Crippen molar-refractivity contribution in [3.8, 4) is 0 Å². The van der Waals surface area contributed by atoms with Gasteiger partial charge in [-0.25, -0.2) is 0 Å². The highest BCUT2D eigenvalue weighted by Gasteiger charge is 2.16. The van der Waals surface area contributed by atoms with E-state index in [0.717, 1.165) is 0 Å². The molecular weight excluding hydrogens is 158 g/mol. The summed E-state index contributed by atoms with van der Waals surface area (Å²) in [5.74, 6) is 0.197. The lowest BCUT2D eigenvalue weighted by Gasteiger charge is -2.20. The van der Waals surface area contributed by atoms with Crippen molar-refractivity contribution in [1.29, 1.82) is 0 Å². The number of nitrogens with one attached hydrogen (secondary N) is 2. The number of rotatable bonds is 4. The summed E-state index contributed by atoms with van der Waals surface area (Å²) >= 11 is 0. The van der Waals surface area contributed by atoms with Crippen LogP contribution in [0.15, 0.2) is 0 Å². The van der Waals surface area contributed by atoms with Crippen molar-refractivity contribution in [2.75, 3.05) is 18.9 Å². The van der Waals surface area contributed by atoms with E-state index in [9.17, 15) is 4.79 Å². The van der Waals surface area contributed by atoms with Crippen LogP contribution in [0.2, 0.25) is 0 Å². The van der Waals surface area contributed by atoms with E-state index in [2.05, 4.69) is 10.4 Å². The van der Waals surface area contributed by atoms with Crippen molar-refractivity contribution >= 4 is 11.7 Å². The predicted octanol–water partition coefficient (Wildman–Crippen LogP) is -1.08. The molecule has 0 radical (unpaired) electrons. The van der Waals surface area contributed by atoms with Crippen molar-refractivity contribution in [3.05, 3.63) is 5.69 Å². The van der Waals surface area contributed by atoms with Crippen LogP contribution in [0.4, 0.5) is 5.82 Å². The van der Waals surface area contributed by atoms with Gasteiger partial charge in [-0.15, -0.1) is 0 Å². The van der Waals surface area contributed by atoms with Crippen LogP contribution in [-0.4, -0.2) is 29.3 Å². The second kappa shape index (κ2) is 3.31. The molecule has 1 heterocycles. The minimum Gasteiger partial charge on any atom is -0.372 e. The van der Waals surface area contributed by atoms with Crippen LogP contribution in [0.5, 0.6) is 0 Å². The van der Waals surface area contributed by atoms with E-state index in [1.54, 1.807) is 11.7 Å². The third-order valence-corrected chi connectivity index (χ3v) is 1.59. The topological polar surface area (TPSA) is 102 Å². The molecule has 0 aromatic carbocycles. The minimum atomic E-state index is -0.452. The third kappa shape index (κ3) is 1.28. The number of nitrogens with zero attached hydrogens (tertiary/aromatic N) is 1. The maximum atomic E-state index is 10.8. The number of hydrogen-bond acceptors (Lipinski definition) is 3. The van der Waals surface area contributed by atoms with Gasteiger partial charge in [-0.05, 0) is 0 Å². The van der Waals surface area contributed by atoms with Crippen LogP contribution in [-0.2, 0) is 6.54 Å². The van der Waals surface area contributed by atoms with E-state index < -0.39 is 5.91 Å². The van der Waals surface area contributed by atoms with Gasteiger partial charge in [0.25, 0.3) is 5.91 Å². The summed E-state index contributed by atoms with van der Waals surface area (Å²) < 4.78 is 1.62. The first-order valence-corrected chi connectivity index (χ1v) is 3.66. The minimum absolute atomic E-state index is 0.452. The molecule has 0 bridgehead atoms. The molecule has 6 N–H and O–H groups in total. The Morgan fingerprint density at radius 1 is 1.75 bits per heavy atom. The summed E-state index contributed by atoms with van der Waals surface area (Å²) in [7, 11) is 1.71. The lowest BCUT2D eigenvalue weighted by Crippen LogP contribution is -2.30. The van der Waals surface area contributed by atoms with Crippen molar-refractivity contribution in [2.45, 2.75) is 6.54 Å². The summed E-state index contributed by atoms with van der Waals surface area (Å²) in [6, 6.07) is 0. The quantitative estimate of drug-likeness (QED) is 0.463. The summed E-state index contributed by atoms with van der Waals surface area (Å²) in [6.07, 6.45) is 0. The van der Waals surface area contributed by atoms with E-state index in [1.165, 1.54) is 0 Å². The molecule has 0 aliphatic rings. The fourth-order valence-electron chi connectivity index (χ4n) is 1.05. The molecule has 1 amide bonds. The zero-order chi connectivity index (χ0) is 9.14. The summed E-state index contributed by atoms with van der Waals surface area (Å²) in [6.45, 7) is 1.05. The molecule has 12 heavy (non-hydrogen) atoms. The molecule has 1 rings (SSSR count). The van der Waals surface area contributed by atoms with Gasteiger partial charge in [-0.3, -0.25) is 14.6 Å². The third-order valence-electron chi connectivity index (χ3n) is 1.59. The number of primary amides is 1. The highest BCUT2D eigenvalue weighted by molar-refractivity contribution is 5.96. The van der Waals surface area contributed by atoms with Crippen LogP contribution >= 0.6 is 0 Å². The van der Waals surface area contributed by atoms with Gasteiger partial charge in [0.2, 0.25) is 0 Å². The van der Waals surface area contributed by atoms with E-state index in [0.29, 0.717) is 24.6 Å². The zero-order valence-corrected chi connectivity index (χ0v) is 6.92. The second-order valence-corrected chi connectivity index (χ2v) is 2.39. The Hall–Kier alpha value is -1.43. The molecule has 6 heteroatoms. The lowest BCUT2D eigenvalue weighted by molar-refractivity contribution is 0.0985. The average Bonchev–Trinajstić information content (AvgIpc) is 1.95. The molecule has 0 spiro atoms. The number of carbonyl (C=O) groups excluding carboxylic acids is 1. The number of anilines is 1. The maximum Gasteiger partial charge on any atom is 0.270 e. The lowest BCUT2D eigenvalue weighted by atomic mass is 10.3. The normalized spacial score (nSPS) is 10.2. The van der Waals surface area contributed by atoms with Crippen LogP contribution in [0.25, 0.3) is 0 Å². The predicted molar refractivity (Wildman–Crippen MR) is 45.9 cm³/mol. The Bertz CT molecular complexity index is 274. The molecule has 1 aromatic heterocycles. The number of nitrogens with two attached hydrogens (primary N) is 2. The maximum absolute atomic E-state index is 10.8. The van der Waals surface area contributed by atoms with E-state index in [-0.39, 0.29) is 0 Å². The molecule has 0 atom stereocenters. The Balaban J connectivity index is 2.81. The van der Waals surface area contributed by atoms with E-state index in [4.69, 9.17) is 11.5 Å². The SMILES string of the molecule is CNc1[nH]n(CCN)c1C(N)=O. The Morgan fingerprint density at radius 3 is 2.83 bits per heavy atom. The van der Waals surface area contributed by atoms with Gasteiger partial charge in [0.1, 0.15) is 5.82 Å². The highest BCUT2D eigenvalue weighted by atomic mass is 16.1. The monoisotopic (exact) mass is 171 g/mol. The summed E-state index contributed by atoms with van der Waals surface area (Å²) in [4.78, 5) is 10.8. The number of aromatic nitrogens is 2. The summed E-state index contributed by atoms with van der Waals surface area (Å²) in [5.41, 5.74) is 10.9. The van der Waals surface area contributed by atoms with Crippen LogP contribution in [0.3, 0.4) is 0 Å². The number of hydrogen-bond donors (Lipinski definition) is 4. The number of H-pyrrole nitrogens is 1. The van der Waals surface area contributed by atoms with Crippen LogP contribution < -0.4 is 16.8 Å². The second-order valence-electron chi connectivity index (χ2n) is 2.39. The molecule has 0 aliphatic carbocycles. The van der Waals surface area contributed by atoms with Gasteiger partial charge in [-0.2, -0.15) is 0 Å². The highest BCUT2D eigenvalue weighted by Crippen LogP contribution is 2.13. The molecule has 0 saturated carbocycles. The van der Waals surface area contributed by atoms with Crippen molar-refractivity contribution in [3.63, 3.8) is 0 Å². The van der Waals surface area contributed by atoms with Gasteiger partial charge >= 0.3 is 0 Å². The first kappa shape index (κ1) is 8.66. The van der Waals surface area contributed by atoms with Crippen molar-refractivity contribution in [1.82, 2.24) is 9.78 Å². The van der Waals surface area contributed by atoms with Crippen molar-refractivity contribution < 1.29 is 4.79 Å². The molecule has 0 saturated heterocycles.